The molecule has 5 heteroatoms. The van der Waals surface area contributed by atoms with Gasteiger partial charge >= 0.3 is 0 Å². The van der Waals surface area contributed by atoms with E-state index in [1.165, 1.54) is 0 Å². The van der Waals surface area contributed by atoms with Crippen molar-refractivity contribution in [1.29, 1.82) is 0 Å². The van der Waals surface area contributed by atoms with Crippen LogP contribution in [0.3, 0.4) is 0 Å². The van der Waals surface area contributed by atoms with Gasteiger partial charge in [-0.3, -0.25) is 4.79 Å². The molecular formula is C25H25N3O2. The minimum atomic E-state index is -0.0592. The lowest BCUT2D eigenvalue weighted by Gasteiger charge is -2.07. The summed E-state index contributed by atoms with van der Waals surface area (Å²) in [6.45, 7) is 4.97. The first-order chi connectivity index (χ1) is 14.6. The fourth-order valence-corrected chi connectivity index (χ4v) is 3.17. The van der Waals surface area contributed by atoms with Crippen molar-refractivity contribution >= 4 is 16.9 Å². The molecule has 0 radical (unpaired) electrons. The van der Waals surface area contributed by atoms with Gasteiger partial charge in [-0.15, -0.1) is 0 Å². The number of carbonyl (C=O) groups is 1. The molecule has 4 rings (SSSR count). The van der Waals surface area contributed by atoms with Crippen molar-refractivity contribution in [3.8, 4) is 22.9 Å². The van der Waals surface area contributed by atoms with E-state index < -0.39 is 0 Å². The summed E-state index contributed by atoms with van der Waals surface area (Å²) in [5.74, 6) is 2.83. The average Bonchev–Trinajstić information content (AvgIpc) is 3.18. The summed E-state index contributed by atoms with van der Waals surface area (Å²) < 4.78 is 5.84. The highest BCUT2D eigenvalue weighted by Crippen LogP contribution is 2.26. The first-order valence-corrected chi connectivity index (χ1v) is 10.2. The summed E-state index contributed by atoms with van der Waals surface area (Å²) in [5, 5.41) is 2.97. The highest BCUT2D eigenvalue weighted by molar-refractivity contribution is 5.97. The Bertz CT molecular complexity index is 1130. The summed E-state index contributed by atoms with van der Waals surface area (Å²) >= 11 is 0. The number of hydrogen-bond donors (Lipinski definition) is 2. The number of para-hydroxylation sites is 1. The number of ether oxygens (including phenoxy) is 1. The Balaban J connectivity index is 1.48. The summed E-state index contributed by atoms with van der Waals surface area (Å²) in [7, 11) is 0. The molecular weight excluding hydrogens is 374 g/mol. The van der Waals surface area contributed by atoms with Crippen LogP contribution in [0, 0.1) is 5.92 Å². The van der Waals surface area contributed by atoms with Crippen LogP contribution in [0.5, 0.6) is 11.5 Å². The molecule has 1 amide bonds. The van der Waals surface area contributed by atoms with Gasteiger partial charge < -0.3 is 15.0 Å². The number of nitrogens with zero attached hydrogens (tertiary/aromatic N) is 1. The third-order valence-corrected chi connectivity index (χ3v) is 4.86. The molecule has 0 aliphatic rings. The minimum Gasteiger partial charge on any atom is -0.457 e. The Morgan fingerprint density at radius 1 is 1.00 bits per heavy atom. The van der Waals surface area contributed by atoms with Gasteiger partial charge in [0.15, 0.2) is 0 Å². The second-order valence-corrected chi connectivity index (χ2v) is 7.70. The Morgan fingerprint density at radius 2 is 1.73 bits per heavy atom. The van der Waals surface area contributed by atoms with E-state index in [1.54, 1.807) is 0 Å². The summed E-state index contributed by atoms with van der Waals surface area (Å²) in [6, 6.07) is 23.0. The molecule has 0 aliphatic carbocycles. The Morgan fingerprint density at radius 3 is 2.47 bits per heavy atom. The molecule has 0 fully saturated rings. The quantitative estimate of drug-likeness (QED) is 0.413. The van der Waals surface area contributed by atoms with Gasteiger partial charge in [-0.25, -0.2) is 4.98 Å². The van der Waals surface area contributed by atoms with Gasteiger partial charge in [-0.1, -0.05) is 32.0 Å². The summed E-state index contributed by atoms with van der Waals surface area (Å²) in [6.07, 6.45) is 0.964. The predicted molar refractivity (Wildman–Crippen MR) is 120 cm³/mol. The molecule has 5 nitrogen and oxygen atoms in total. The summed E-state index contributed by atoms with van der Waals surface area (Å²) in [5.41, 5.74) is 3.25. The van der Waals surface area contributed by atoms with Gasteiger partial charge in [-0.05, 0) is 66.9 Å². The Kier molecular flexibility index (Phi) is 5.80. The fourth-order valence-electron chi connectivity index (χ4n) is 3.17. The van der Waals surface area contributed by atoms with Crippen LogP contribution in [0.1, 0.15) is 30.6 Å². The summed E-state index contributed by atoms with van der Waals surface area (Å²) in [4.78, 5) is 20.3. The predicted octanol–water partition coefficient (Wildman–Crippen LogP) is 5.80. The molecule has 152 valence electrons. The van der Waals surface area contributed by atoms with E-state index in [0.29, 0.717) is 18.0 Å². The topological polar surface area (TPSA) is 67.0 Å². The molecule has 30 heavy (non-hydrogen) atoms. The maximum atomic E-state index is 12.4. The number of carbonyl (C=O) groups excluding carboxylic acids is 1. The molecule has 4 aromatic rings. The zero-order valence-electron chi connectivity index (χ0n) is 17.2. The maximum Gasteiger partial charge on any atom is 0.251 e. The molecule has 1 heterocycles. The van der Waals surface area contributed by atoms with Gasteiger partial charge in [-0.2, -0.15) is 0 Å². The Labute approximate surface area is 176 Å². The molecule has 0 atom stereocenters. The van der Waals surface area contributed by atoms with Crippen LogP contribution in [-0.2, 0) is 0 Å². The van der Waals surface area contributed by atoms with Crippen molar-refractivity contribution < 1.29 is 9.53 Å². The van der Waals surface area contributed by atoms with E-state index in [2.05, 4.69) is 29.1 Å². The van der Waals surface area contributed by atoms with Crippen LogP contribution < -0.4 is 10.1 Å². The second-order valence-electron chi connectivity index (χ2n) is 7.70. The number of nitrogens with one attached hydrogen (secondary N) is 2. The minimum absolute atomic E-state index is 0.0592. The van der Waals surface area contributed by atoms with Crippen molar-refractivity contribution in [2.24, 2.45) is 5.92 Å². The maximum absolute atomic E-state index is 12.4. The third kappa shape index (κ3) is 4.69. The van der Waals surface area contributed by atoms with E-state index >= 15 is 0 Å². The molecule has 0 bridgehead atoms. The van der Waals surface area contributed by atoms with Crippen molar-refractivity contribution in [3.63, 3.8) is 0 Å². The first-order valence-electron chi connectivity index (χ1n) is 10.2. The van der Waals surface area contributed by atoms with Gasteiger partial charge in [0.1, 0.15) is 17.3 Å². The van der Waals surface area contributed by atoms with E-state index in [1.807, 2.05) is 72.8 Å². The standard InChI is InChI=1S/C25H25N3O2/c1-17(2)14-15-26-25(29)19-10-13-22-23(16-19)28-24(27-22)18-8-11-21(12-9-18)30-20-6-4-3-5-7-20/h3-13,16-17H,14-15H2,1-2H3,(H,26,29)(H,27,28). The van der Waals surface area contributed by atoms with Crippen LogP contribution in [0.25, 0.3) is 22.4 Å². The highest BCUT2D eigenvalue weighted by Gasteiger charge is 2.10. The zero-order chi connectivity index (χ0) is 20.9. The van der Waals surface area contributed by atoms with E-state index in [-0.39, 0.29) is 5.91 Å². The van der Waals surface area contributed by atoms with Crippen LogP contribution >= 0.6 is 0 Å². The van der Waals surface area contributed by atoms with Crippen LogP contribution in [-0.4, -0.2) is 22.4 Å². The highest BCUT2D eigenvalue weighted by atomic mass is 16.5. The smallest absolute Gasteiger partial charge is 0.251 e. The van der Waals surface area contributed by atoms with Crippen LogP contribution in [0.4, 0.5) is 0 Å². The zero-order valence-corrected chi connectivity index (χ0v) is 17.2. The monoisotopic (exact) mass is 399 g/mol. The second kappa shape index (κ2) is 8.82. The SMILES string of the molecule is CC(C)CCNC(=O)c1ccc2nc(-c3ccc(Oc4ccccc4)cc3)[nH]c2c1. The van der Waals surface area contributed by atoms with E-state index in [0.717, 1.165) is 40.3 Å². The number of fused-ring (bicyclic) bond motifs is 1. The number of H-pyrrole nitrogens is 1. The van der Waals surface area contributed by atoms with Crippen LogP contribution in [0.15, 0.2) is 72.8 Å². The number of aromatic amines is 1. The fraction of sp³-hybridized carbons (Fsp3) is 0.200. The number of imidazole rings is 1. The molecule has 0 spiro atoms. The first kappa shape index (κ1) is 19.7. The van der Waals surface area contributed by atoms with E-state index in [9.17, 15) is 4.79 Å². The lowest BCUT2D eigenvalue weighted by Crippen LogP contribution is -2.25. The normalized spacial score (nSPS) is 11.0. The van der Waals surface area contributed by atoms with Crippen molar-refractivity contribution in [2.75, 3.05) is 6.54 Å². The van der Waals surface area contributed by atoms with E-state index in [4.69, 9.17) is 4.74 Å². The van der Waals surface area contributed by atoms with Crippen molar-refractivity contribution in [2.45, 2.75) is 20.3 Å². The van der Waals surface area contributed by atoms with Crippen molar-refractivity contribution in [3.05, 3.63) is 78.4 Å². The van der Waals surface area contributed by atoms with Gasteiger partial charge in [0.25, 0.3) is 5.91 Å². The number of aromatic nitrogens is 2. The Hall–Kier alpha value is -3.60. The van der Waals surface area contributed by atoms with Gasteiger partial charge in [0.2, 0.25) is 0 Å². The third-order valence-electron chi connectivity index (χ3n) is 4.86. The molecule has 0 aliphatic heterocycles. The molecule has 0 saturated carbocycles. The lowest BCUT2D eigenvalue weighted by molar-refractivity contribution is 0.0952. The number of rotatable bonds is 7. The lowest BCUT2D eigenvalue weighted by atomic mass is 10.1. The van der Waals surface area contributed by atoms with Gasteiger partial charge in [0, 0.05) is 17.7 Å². The van der Waals surface area contributed by atoms with Crippen molar-refractivity contribution in [1.82, 2.24) is 15.3 Å². The number of amides is 1. The number of benzene rings is 3. The molecule has 1 aromatic heterocycles. The van der Waals surface area contributed by atoms with Crippen LogP contribution in [0.2, 0.25) is 0 Å². The van der Waals surface area contributed by atoms with Gasteiger partial charge in [0.05, 0.1) is 11.0 Å². The largest absolute Gasteiger partial charge is 0.457 e. The molecule has 0 saturated heterocycles. The molecule has 3 aromatic carbocycles. The average molecular weight is 399 g/mol. The molecule has 2 N–H and O–H groups in total. The molecule has 0 unspecified atom stereocenters. The number of hydrogen-bond acceptors (Lipinski definition) is 3.